The van der Waals surface area contributed by atoms with Crippen molar-refractivity contribution in [3.63, 3.8) is 0 Å². The quantitative estimate of drug-likeness (QED) is 0.880. The number of carboxylic acids is 1. The average molecular weight is 309 g/mol. The van der Waals surface area contributed by atoms with Crippen LogP contribution in [0, 0.1) is 6.92 Å². The van der Waals surface area contributed by atoms with Crippen molar-refractivity contribution in [1.29, 1.82) is 0 Å². The fraction of sp³-hybridized carbons (Fsp3) is 0.167. The number of benzene rings is 2. The van der Waals surface area contributed by atoms with Gasteiger partial charge in [0.15, 0.2) is 0 Å². The maximum Gasteiger partial charge on any atom is 0.312 e. The van der Waals surface area contributed by atoms with Gasteiger partial charge in [-0.05, 0) is 24.6 Å². The van der Waals surface area contributed by atoms with E-state index in [1.807, 2.05) is 19.1 Å². The molecule has 2 aromatic carbocycles. The number of rotatable bonds is 4. The SMILES string of the molecule is Cc1ccc(C(CN2C(=O)c3ccccc3C2=O)C(=O)O)cc1. The van der Waals surface area contributed by atoms with Crippen LogP contribution in [0.4, 0.5) is 0 Å². The number of carbonyl (C=O) groups is 3. The van der Waals surface area contributed by atoms with Gasteiger partial charge in [-0.1, -0.05) is 42.0 Å². The lowest BCUT2D eigenvalue weighted by atomic mass is 9.97. The van der Waals surface area contributed by atoms with Crippen LogP contribution in [-0.2, 0) is 4.79 Å². The van der Waals surface area contributed by atoms with E-state index in [-0.39, 0.29) is 6.54 Å². The van der Waals surface area contributed by atoms with Gasteiger partial charge in [-0.2, -0.15) is 0 Å². The zero-order valence-electron chi connectivity index (χ0n) is 12.5. The Morgan fingerprint density at radius 1 is 1.00 bits per heavy atom. The molecule has 1 atom stereocenters. The van der Waals surface area contributed by atoms with E-state index >= 15 is 0 Å². The summed E-state index contributed by atoms with van der Waals surface area (Å²) in [7, 11) is 0. The van der Waals surface area contributed by atoms with Crippen molar-refractivity contribution < 1.29 is 19.5 Å². The molecule has 1 unspecified atom stereocenters. The molecule has 23 heavy (non-hydrogen) atoms. The second-order valence-corrected chi connectivity index (χ2v) is 5.57. The number of hydrogen-bond donors (Lipinski definition) is 1. The average Bonchev–Trinajstić information content (AvgIpc) is 2.78. The highest BCUT2D eigenvalue weighted by Gasteiger charge is 2.38. The molecule has 0 bridgehead atoms. The minimum absolute atomic E-state index is 0.176. The fourth-order valence-corrected chi connectivity index (χ4v) is 2.71. The van der Waals surface area contributed by atoms with E-state index in [0.29, 0.717) is 16.7 Å². The third-order valence-electron chi connectivity index (χ3n) is 4.02. The summed E-state index contributed by atoms with van der Waals surface area (Å²) >= 11 is 0. The maximum atomic E-state index is 12.4. The topological polar surface area (TPSA) is 74.7 Å². The van der Waals surface area contributed by atoms with Gasteiger partial charge < -0.3 is 5.11 Å². The minimum Gasteiger partial charge on any atom is -0.481 e. The second kappa shape index (κ2) is 5.68. The number of carbonyl (C=O) groups excluding carboxylic acids is 2. The molecule has 3 rings (SSSR count). The highest BCUT2D eigenvalue weighted by Crippen LogP contribution is 2.26. The molecule has 0 aliphatic carbocycles. The molecule has 0 aromatic heterocycles. The zero-order valence-corrected chi connectivity index (χ0v) is 12.5. The third-order valence-corrected chi connectivity index (χ3v) is 4.02. The Morgan fingerprint density at radius 3 is 2.00 bits per heavy atom. The van der Waals surface area contributed by atoms with Crippen LogP contribution in [0.15, 0.2) is 48.5 Å². The lowest BCUT2D eigenvalue weighted by Gasteiger charge is -2.20. The predicted molar refractivity (Wildman–Crippen MR) is 83.4 cm³/mol. The van der Waals surface area contributed by atoms with Crippen LogP contribution < -0.4 is 0 Å². The molecule has 0 fully saturated rings. The number of hydrogen-bond acceptors (Lipinski definition) is 3. The summed E-state index contributed by atoms with van der Waals surface area (Å²) in [6.07, 6.45) is 0. The van der Waals surface area contributed by atoms with E-state index in [4.69, 9.17) is 0 Å². The van der Waals surface area contributed by atoms with Crippen molar-refractivity contribution in [3.8, 4) is 0 Å². The summed E-state index contributed by atoms with van der Waals surface area (Å²) in [4.78, 5) is 37.4. The molecule has 5 nitrogen and oxygen atoms in total. The summed E-state index contributed by atoms with van der Waals surface area (Å²) in [6.45, 7) is 1.73. The van der Waals surface area contributed by atoms with Crippen LogP contribution in [-0.4, -0.2) is 34.3 Å². The number of nitrogens with zero attached hydrogens (tertiary/aromatic N) is 1. The van der Waals surface area contributed by atoms with Crippen LogP contribution in [0.2, 0.25) is 0 Å². The van der Waals surface area contributed by atoms with Gasteiger partial charge >= 0.3 is 5.97 Å². The van der Waals surface area contributed by atoms with Crippen LogP contribution in [0.1, 0.15) is 37.8 Å². The highest BCUT2D eigenvalue weighted by atomic mass is 16.4. The summed E-state index contributed by atoms with van der Waals surface area (Å²) < 4.78 is 0. The van der Waals surface area contributed by atoms with Crippen molar-refractivity contribution in [3.05, 3.63) is 70.8 Å². The van der Waals surface area contributed by atoms with Gasteiger partial charge in [-0.25, -0.2) is 0 Å². The molecule has 2 amide bonds. The van der Waals surface area contributed by atoms with Crippen LogP contribution in [0.25, 0.3) is 0 Å². The van der Waals surface area contributed by atoms with Crippen molar-refractivity contribution >= 4 is 17.8 Å². The molecule has 1 aliphatic heterocycles. The van der Waals surface area contributed by atoms with Gasteiger partial charge in [-0.3, -0.25) is 19.3 Å². The summed E-state index contributed by atoms with van der Waals surface area (Å²) in [5.41, 5.74) is 2.23. The molecule has 0 spiro atoms. The molecule has 2 aromatic rings. The Labute approximate surface area is 133 Å². The molecule has 1 heterocycles. The molecule has 116 valence electrons. The molecule has 0 saturated carbocycles. The van der Waals surface area contributed by atoms with Crippen LogP contribution in [0.3, 0.4) is 0 Å². The number of amides is 2. The standard InChI is InChI=1S/C18H15NO4/c1-11-6-8-12(9-7-11)15(18(22)23)10-19-16(20)13-4-2-3-5-14(13)17(19)21/h2-9,15H,10H2,1H3,(H,22,23). The Balaban J connectivity index is 1.90. The lowest BCUT2D eigenvalue weighted by molar-refractivity contribution is -0.138. The third kappa shape index (κ3) is 2.61. The summed E-state index contributed by atoms with van der Waals surface area (Å²) in [6, 6.07) is 13.6. The van der Waals surface area contributed by atoms with E-state index in [1.165, 1.54) is 0 Å². The Bertz CT molecular complexity index is 760. The minimum atomic E-state index is -1.06. The van der Waals surface area contributed by atoms with Crippen molar-refractivity contribution in [1.82, 2.24) is 4.90 Å². The number of fused-ring (bicyclic) bond motifs is 1. The van der Waals surface area contributed by atoms with Gasteiger partial charge in [0.05, 0.1) is 17.0 Å². The molecule has 5 heteroatoms. The number of aryl methyl sites for hydroxylation is 1. The summed E-state index contributed by atoms with van der Waals surface area (Å²) in [5, 5.41) is 9.50. The monoisotopic (exact) mass is 309 g/mol. The number of carboxylic acid groups (broad SMARTS) is 1. The first kappa shape index (κ1) is 15.0. The molecular weight excluding hydrogens is 294 g/mol. The molecule has 0 saturated heterocycles. The van der Waals surface area contributed by atoms with Gasteiger partial charge in [0.1, 0.15) is 0 Å². The first-order chi connectivity index (χ1) is 11.0. The van der Waals surface area contributed by atoms with Gasteiger partial charge in [-0.15, -0.1) is 0 Å². The molecule has 1 aliphatic rings. The van der Waals surface area contributed by atoms with E-state index in [1.54, 1.807) is 36.4 Å². The normalized spacial score (nSPS) is 14.7. The second-order valence-electron chi connectivity index (χ2n) is 5.57. The zero-order chi connectivity index (χ0) is 16.6. The van der Waals surface area contributed by atoms with Crippen molar-refractivity contribution in [2.24, 2.45) is 0 Å². The molecule has 1 N–H and O–H groups in total. The lowest BCUT2D eigenvalue weighted by Crippen LogP contribution is -2.36. The van der Waals surface area contributed by atoms with Gasteiger partial charge in [0, 0.05) is 6.54 Å². The smallest absolute Gasteiger partial charge is 0.312 e. The Kier molecular flexibility index (Phi) is 3.70. The van der Waals surface area contributed by atoms with Crippen molar-refractivity contribution in [2.75, 3.05) is 6.54 Å². The molecule has 0 radical (unpaired) electrons. The van der Waals surface area contributed by atoms with E-state index in [2.05, 4.69) is 0 Å². The molecular formula is C18H15NO4. The first-order valence-corrected chi connectivity index (χ1v) is 7.23. The largest absolute Gasteiger partial charge is 0.481 e. The summed E-state index contributed by atoms with van der Waals surface area (Å²) in [5.74, 6) is -2.89. The van der Waals surface area contributed by atoms with Crippen LogP contribution in [0.5, 0.6) is 0 Å². The van der Waals surface area contributed by atoms with E-state index in [0.717, 1.165) is 10.5 Å². The van der Waals surface area contributed by atoms with Gasteiger partial charge in [0.25, 0.3) is 11.8 Å². The Hall–Kier alpha value is -2.95. The maximum absolute atomic E-state index is 12.4. The fourth-order valence-electron chi connectivity index (χ4n) is 2.71. The van der Waals surface area contributed by atoms with Gasteiger partial charge in [0.2, 0.25) is 0 Å². The van der Waals surface area contributed by atoms with Crippen molar-refractivity contribution in [2.45, 2.75) is 12.8 Å². The van der Waals surface area contributed by atoms with E-state index < -0.39 is 23.7 Å². The first-order valence-electron chi connectivity index (χ1n) is 7.23. The number of imide groups is 1. The highest BCUT2D eigenvalue weighted by molar-refractivity contribution is 6.21. The van der Waals surface area contributed by atoms with Crippen LogP contribution >= 0.6 is 0 Å². The number of aliphatic carboxylic acids is 1. The van der Waals surface area contributed by atoms with E-state index in [9.17, 15) is 19.5 Å². The Morgan fingerprint density at radius 2 is 1.52 bits per heavy atom. The predicted octanol–water partition coefficient (Wildman–Crippen LogP) is 2.46.